The standard InChI is InChI=1S/C13H10P.C6H7.2ClH.Zr/c1-2-6-12-10-13(9-11(12)5-1)14-7-3-4-8-14;1-6-4-2-3-5-6;;;/h1-10H;2-5H,1H3;2*1H;/q2*-1;;;+4/p-2. The molecule has 0 unspecified atom stereocenters. The third-order valence-corrected chi connectivity index (χ3v) is 5.18. The van der Waals surface area contributed by atoms with E-state index in [1.807, 2.05) is 12.1 Å². The van der Waals surface area contributed by atoms with Crippen LogP contribution in [0, 0.1) is 6.92 Å². The number of aryl methyl sites for hydroxylation is 1. The zero-order valence-corrected chi connectivity index (χ0v) is 17.7. The third-order valence-electron chi connectivity index (χ3n) is 3.33. The van der Waals surface area contributed by atoms with Crippen molar-refractivity contribution in [1.82, 2.24) is 0 Å². The summed E-state index contributed by atoms with van der Waals surface area (Å²) in [4.78, 5) is 0. The molecule has 116 valence electrons. The number of fused-ring (bicyclic) bond motifs is 1. The zero-order valence-electron chi connectivity index (χ0n) is 12.8. The Morgan fingerprint density at radius 3 is 2.00 bits per heavy atom. The summed E-state index contributed by atoms with van der Waals surface area (Å²) in [5, 5.41) is 4.18. The molecule has 0 atom stereocenters. The van der Waals surface area contributed by atoms with Crippen molar-refractivity contribution >= 4 is 18.3 Å². The largest absolute Gasteiger partial charge is 4.00 e. The van der Waals surface area contributed by atoms with Crippen LogP contribution >= 0.6 is 7.53 Å². The molecule has 0 radical (unpaired) electrons. The molecule has 0 spiro atoms. The number of hydrogen-bond acceptors (Lipinski definition) is 0. The average Bonchev–Trinajstić information content (AvgIpc) is 3.20. The predicted octanol–water partition coefficient (Wildman–Crippen LogP) is 0.254. The van der Waals surface area contributed by atoms with Crippen molar-refractivity contribution in [3.05, 3.63) is 90.0 Å². The van der Waals surface area contributed by atoms with Crippen LogP contribution in [0.5, 0.6) is 0 Å². The summed E-state index contributed by atoms with van der Waals surface area (Å²) < 4.78 is 0. The van der Waals surface area contributed by atoms with Gasteiger partial charge in [0.25, 0.3) is 0 Å². The summed E-state index contributed by atoms with van der Waals surface area (Å²) in [6, 6.07) is 25.7. The van der Waals surface area contributed by atoms with Gasteiger partial charge >= 0.3 is 26.2 Å². The minimum atomic E-state index is -0.148. The second-order valence-corrected chi connectivity index (χ2v) is 6.82. The minimum Gasteiger partial charge on any atom is -1.00 e. The Morgan fingerprint density at radius 2 is 1.48 bits per heavy atom. The molecule has 0 amide bonds. The van der Waals surface area contributed by atoms with Gasteiger partial charge in [-0.2, -0.15) is 23.8 Å². The van der Waals surface area contributed by atoms with Gasteiger partial charge in [-0.15, -0.1) is 42.6 Å². The Bertz CT molecular complexity index is 738. The molecule has 4 heteroatoms. The van der Waals surface area contributed by atoms with Crippen LogP contribution in [0.25, 0.3) is 16.1 Å². The maximum Gasteiger partial charge on any atom is 4.00 e. The zero-order chi connectivity index (χ0) is 13.8. The van der Waals surface area contributed by atoms with E-state index in [0.29, 0.717) is 0 Å². The molecular formula is C19H17Cl2PZr. The number of hydrogen-bond donors (Lipinski definition) is 0. The van der Waals surface area contributed by atoms with Crippen LogP contribution in [-0.2, 0) is 26.2 Å². The molecule has 4 aromatic rings. The quantitative estimate of drug-likeness (QED) is 0.374. The van der Waals surface area contributed by atoms with Crippen molar-refractivity contribution in [2.24, 2.45) is 0 Å². The van der Waals surface area contributed by atoms with Crippen LogP contribution in [0.4, 0.5) is 0 Å². The van der Waals surface area contributed by atoms with Gasteiger partial charge in [-0.05, 0) is 11.6 Å². The van der Waals surface area contributed by atoms with E-state index in [2.05, 4.69) is 79.2 Å². The Labute approximate surface area is 170 Å². The maximum absolute atomic E-state index is 2.31. The normalized spacial score (nSPS) is 8.91. The van der Waals surface area contributed by atoms with E-state index in [9.17, 15) is 0 Å². The summed E-state index contributed by atoms with van der Waals surface area (Å²) >= 11 is 0. The Morgan fingerprint density at radius 1 is 0.870 bits per heavy atom. The molecule has 3 aromatic carbocycles. The second kappa shape index (κ2) is 11.1. The van der Waals surface area contributed by atoms with Gasteiger partial charge in [0, 0.05) is 0 Å². The SMILES string of the molecule is C[c-]1cccc1.[Cl-].[Cl-].[Zr+4].c1ccc2[cH-]c(-p3cccc3)cc2c1. The molecule has 4 rings (SSSR count). The second-order valence-electron chi connectivity index (χ2n) is 4.90. The molecular weight excluding hydrogens is 421 g/mol. The molecule has 0 fully saturated rings. The van der Waals surface area contributed by atoms with Crippen molar-refractivity contribution in [1.29, 1.82) is 0 Å². The Balaban J connectivity index is 0.000000469. The van der Waals surface area contributed by atoms with Crippen LogP contribution in [0.2, 0.25) is 0 Å². The van der Waals surface area contributed by atoms with E-state index in [0.717, 1.165) is 0 Å². The topological polar surface area (TPSA) is 0 Å². The molecule has 0 N–H and O–H groups in total. The van der Waals surface area contributed by atoms with Gasteiger partial charge in [0.1, 0.15) is 0 Å². The fraction of sp³-hybridized carbons (Fsp3) is 0.0526. The van der Waals surface area contributed by atoms with Gasteiger partial charge in [-0.1, -0.05) is 30.4 Å². The fourth-order valence-corrected chi connectivity index (χ4v) is 3.85. The van der Waals surface area contributed by atoms with Gasteiger partial charge in [0.2, 0.25) is 0 Å². The molecule has 1 heterocycles. The van der Waals surface area contributed by atoms with Crippen LogP contribution in [0.1, 0.15) is 5.56 Å². The first-order valence-electron chi connectivity index (χ1n) is 6.80. The molecule has 0 saturated carbocycles. The van der Waals surface area contributed by atoms with E-state index in [1.165, 1.54) is 21.6 Å². The molecule has 0 aliphatic heterocycles. The van der Waals surface area contributed by atoms with E-state index in [4.69, 9.17) is 0 Å². The van der Waals surface area contributed by atoms with E-state index in [-0.39, 0.29) is 58.6 Å². The number of benzene rings is 1. The molecule has 0 aliphatic carbocycles. The van der Waals surface area contributed by atoms with Crippen LogP contribution in [0.15, 0.2) is 84.4 Å². The van der Waals surface area contributed by atoms with Crippen LogP contribution in [-0.4, -0.2) is 0 Å². The summed E-state index contributed by atoms with van der Waals surface area (Å²) in [7, 11) is -0.148. The molecule has 0 aliphatic rings. The summed E-state index contributed by atoms with van der Waals surface area (Å²) in [5.41, 5.74) is 1.34. The van der Waals surface area contributed by atoms with Gasteiger partial charge in [-0.25, -0.2) is 12.1 Å². The van der Waals surface area contributed by atoms with Crippen molar-refractivity contribution < 1.29 is 51.0 Å². The first-order chi connectivity index (χ1) is 9.83. The first kappa shape index (κ1) is 22.4. The maximum atomic E-state index is 2.31. The summed E-state index contributed by atoms with van der Waals surface area (Å²) in [6.07, 6.45) is 0. The van der Waals surface area contributed by atoms with Crippen molar-refractivity contribution in [3.8, 4) is 5.30 Å². The van der Waals surface area contributed by atoms with Gasteiger partial charge in [0.05, 0.1) is 0 Å². The first-order valence-corrected chi connectivity index (χ1v) is 8.28. The smallest absolute Gasteiger partial charge is 1.00 e. The molecule has 1 aromatic heterocycles. The van der Waals surface area contributed by atoms with Crippen molar-refractivity contribution in [2.75, 3.05) is 0 Å². The molecule has 0 saturated heterocycles. The minimum absolute atomic E-state index is 0. The monoisotopic (exact) mass is 436 g/mol. The van der Waals surface area contributed by atoms with Crippen LogP contribution < -0.4 is 24.8 Å². The fourth-order valence-electron chi connectivity index (χ4n) is 2.26. The summed E-state index contributed by atoms with van der Waals surface area (Å²) in [6.45, 7) is 2.08. The van der Waals surface area contributed by atoms with Gasteiger partial charge in [0.15, 0.2) is 0 Å². The van der Waals surface area contributed by atoms with E-state index < -0.39 is 0 Å². The van der Waals surface area contributed by atoms with Gasteiger partial charge < -0.3 is 24.8 Å². The molecule has 23 heavy (non-hydrogen) atoms. The third kappa shape index (κ3) is 6.09. The van der Waals surface area contributed by atoms with Gasteiger partial charge in [-0.3, -0.25) is 0 Å². The predicted molar refractivity (Wildman–Crippen MR) is 90.4 cm³/mol. The molecule has 0 bridgehead atoms. The average molecular weight is 438 g/mol. The Kier molecular flexibility index (Phi) is 10.8. The summed E-state index contributed by atoms with van der Waals surface area (Å²) in [5.74, 6) is 4.59. The number of halogens is 2. The van der Waals surface area contributed by atoms with E-state index in [1.54, 1.807) is 0 Å². The number of rotatable bonds is 1. The van der Waals surface area contributed by atoms with Crippen LogP contribution in [0.3, 0.4) is 0 Å². The Hall–Kier alpha value is -0.577. The van der Waals surface area contributed by atoms with E-state index >= 15 is 0 Å². The molecule has 0 nitrogen and oxygen atoms in total. The van der Waals surface area contributed by atoms with Crippen molar-refractivity contribution in [3.63, 3.8) is 0 Å². The van der Waals surface area contributed by atoms with Crippen molar-refractivity contribution in [2.45, 2.75) is 6.92 Å².